The molecule has 2 heterocycles. The van der Waals surface area contributed by atoms with E-state index in [0.29, 0.717) is 24.6 Å². The molecule has 3 aromatic rings. The van der Waals surface area contributed by atoms with Gasteiger partial charge in [-0.25, -0.2) is 4.98 Å². The second kappa shape index (κ2) is 5.43. The molecule has 0 spiro atoms. The molecule has 1 aromatic carbocycles. The van der Waals surface area contributed by atoms with Crippen molar-refractivity contribution >= 4 is 22.0 Å². The average molecular weight is 286 g/mol. The zero-order chi connectivity index (χ0) is 14.8. The molecule has 108 valence electrons. The van der Waals surface area contributed by atoms with Crippen LogP contribution in [0.15, 0.2) is 27.9 Å². The number of methoxy groups -OCH3 is 1. The lowest BCUT2D eigenvalue weighted by atomic mass is 10.2. The van der Waals surface area contributed by atoms with Crippen LogP contribution in [-0.2, 0) is 17.9 Å². The number of aromatic nitrogens is 3. The van der Waals surface area contributed by atoms with Gasteiger partial charge in [0.15, 0.2) is 5.58 Å². The zero-order valence-corrected chi connectivity index (χ0v) is 11.7. The van der Waals surface area contributed by atoms with Gasteiger partial charge >= 0.3 is 0 Å². The second-order valence-corrected chi connectivity index (χ2v) is 4.77. The molecule has 21 heavy (non-hydrogen) atoms. The highest BCUT2D eigenvalue weighted by Crippen LogP contribution is 2.26. The lowest BCUT2D eigenvalue weighted by molar-refractivity contribution is 0.161. The maximum absolute atomic E-state index is 8.50. The molecule has 0 bridgehead atoms. The van der Waals surface area contributed by atoms with E-state index in [0.717, 1.165) is 16.4 Å². The summed E-state index contributed by atoms with van der Waals surface area (Å²) >= 11 is 0. The van der Waals surface area contributed by atoms with Crippen LogP contribution in [0.1, 0.15) is 12.8 Å². The van der Waals surface area contributed by atoms with E-state index < -0.39 is 0 Å². The number of hydrogen-bond acceptors (Lipinski definition) is 5. The van der Waals surface area contributed by atoms with Crippen LogP contribution in [0.2, 0.25) is 0 Å². The number of rotatable bonds is 5. The van der Waals surface area contributed by atoms with Crippen LogP contribution in [0.3, 0.4) is 0 Å². The largest absolute Gasteiger partial charge is 0.438 e. The molecule has 0 saturated carbocycles. The third-order valence-corrected chi connectivity index (χ3v) is 3.16. The van der Waals surface area contributed by atoms with Gasteiger partial charge in [0.25, 0.3) is 0 Å². The van der Waals surface area contributed by atoms with Crippen LogP contribution in [0, 0.1) is 0 Å². The Kier molecular flexibility index (Phi) is 3.47. The van der Waals surface area contributed by atoms with E-state index in [4.69, 9.17) is 14.7 Å². The maximum atomic E-state index is 8.50. The highest BCUT2D eigenvalue weighted by Gasteiger charge is 2.14. The third-order valence-electron chi connectivity index (χ3n) is 3.16. The monoisotopic (exact) mass is 286 g/mol. The van der Waals surface area contributed by atoms with E-state index in [1.165, 1.54) is 0 Å². The summed E-state index contributed by atoms with van der Waals surface area (Å²) in [6, 6.07) is 3.60. The van der Waals surface area contributed by atoms with Crippen molar-refractivity contribution in [3.05, 3.63) is 34.7 Å². The standard InChI is InChI=1S/C13H14N6O2/c1-8(17-18-14)6-19-13-9(5-15-19)3-4-10-12(13)16-11(21-10)7-20-2/h3-5,8H,6-7H2,1-2H3/t8-/m0/s1. The Labute approximate surface area is 119 Å². The Balaban J connectivity index is 2.13. The Morgan fingerprint density at radius 2 is 2.38 bits per heavy atom. The molecule has 0 unspecified atom stereocenters. The van der Waals surface area contributed by atoms with Crippen LogP contribution < -0.4 is 0 Å². The van der Waals surface area contributed by atoms with E-state index in [1.807, 2.05) is 19.1 Å². The molecule has 2 aromatic heterocycles. The Bertz CT molecular complexity index is 830. The Morgan fingerprint density at radius 1 is 1.52 bits per heavy atom. The summed E-state index contributed by atoms with van der Waals surface area (Å²) in [5.74, 6) is 0.524. The van der Waals surface area contributed by atoms with Gasteiger partial charge in [-0.2, -0.15) is 5.10 Å². The van der Waals surface area contributed by atoms with Crippen molar-refractivity contribution < 1.29 is 9.15 Å². The van der Waals surface area contributed by atoms with Crippen LogP contribution in [0.4, 0.5) is 0 Å². The van der Waals surface area contributed by atoms with E-state index in [-0.39, 0.29) is 6.04 Å². The molecule has 0 aliphatic rings. The predicted molar refractivity (Wildman–Crippen MR) is 76.6 cm³/mol. The van der Waals surface area contributed by atoms with E-state index in [2.05, 4.69) is 20.1 Å². The van der Waals surface area contributed by atoms with Crippen molar-refractivity contribution in [3.63, 3.8) is 0 Å². The minimum absolute atomic E-state index is 0.196. The first kappa shape index (κ1) is 13.4. The Hall–Kier alpha value is -2.57. The summed E-state index contributed by atoms with van der Waals surface area (Å²) in [5, 5.41) is 8.99. The van der Waals surface area contributed by atoms with E-state index >= 15 is 0 Å². The number of azide groups is 1. The molecule has 0 saturated heterocycles. The normalized spacial score (nSPS) is 12.7. The number of nitrogens with zero attached hydrogens (tertiary/aromatic N) is 6. The topological polar surface area (TPSA) is 102 Å². The SMILES string of the molecule is COCc1nc2c(ccc3cnn(C[C@H](C)N=[N+]=[N-])c32)o1. The molecule has 8 nitrogen and oxygen atoms in total. The first-order valence-electron chi connectivity index (χ1n) is 6.50. The fourth-order valence-corrected chi connectivity index (χ4v) is 2.31. The fraction of sp³-hybridized carbons (Fsp3) is 0.385. The van der Waals surface area contributed by atoms with Crippen molar-refractivity contribution in [1.29, 1.82) is 0 Å². The average Bonchev–Trinajstić information content (AvgIpc) is 3.02. The predicted octanol–water partition coefficient (Wildman–Crippen LogP) is 3.02. The highest BCUT2D eigenvalue weighted by molar-refractivity contribution is 6.00. The molecular formula is C13H14N6O2. The van der Waals surface area contributed by atoms with Crippen molar-refractivity contribution in [2.24, 2.45) is 5.11 Å². The lowest BCUT2D eigenvalue weighted by Crippen LogP contribution is -2.11. The molecule has 3 rings (SSSR count). The van der Waals surface area contributed by atoms with Gasteiger partial charge in [-0.15, -0.1) is 0 Å². The van der Waals surface area contributed by atoms with Gasteiger partial charge in [0.2, 0.25) is 5.89 Å². The van der Waals surface area contributed by atoms with Gasteiger partial charge in [-0.05, 0) is 17.7 Å². The maximum Gasteiger partial charge on any atom is 0.221 e. The van der Waals surface area contributed by atoms with Crippen molar-refractivity contribution in [3.8, 4) is 0 Å². The minimum atomic E-state index is -0.196. The Morgan fingerprint density at radius 3 is 3.14 bits per heavy atom. The fourth-order valence-electron chi connectivity index (χ4n) is 2.31. The first-order valence-corrected chi connectivity index (χ1v) is 6.50. The minimum Gasteiger partial charge on any atom is -0.438 e. The molecule has 0 fully saturated rings. The van der Waals surface area contributed by atoms with Crippen LogP contribution in [0.5, 0.6) is 0 Å². The summed E-state index contributed by atoms with van der Waals surface area (Å²) < 4.78 is 12.5. The van der Waals surface area contributed by atoms with Crippen LogP contribution in [0.25, 0.3) is 32.4 Å². The number of fused-ring (bicyclic) bond motifs is 3. The highest BCUT2D eigenvalue weighted by atomic mass is 16.5. The van der Waals surface area contributed by atoms with Gasteiger partial charge in [0, 0.05) is 24.0 Å². The van der Waals surface area contributed by atoms with Crippen molar-refractivity contribution in [2.75, 3.05) is 7.11 Å². The number of hydrogen-bond donors (Lipinski definition) is 0. The molecule has 8 heteroatoms. The van der Waals surface area contributed by atoms with Crippen LogP contribution in [-0.4, -0.2) is 27.9 Å². The van der Waals surface area contributed by atoms with Crippen LogP contribution >= 0.6 is 0 Å². The lowest BCUT2D eigenvalue weighted by Gasteiger charge is -2.06. The molecule has 1 atom stereocenters. The smallest absolute Gasteiger partial charge is 0.221 e. The van der Waals surface area contributed by atoms with E-state index in [1.54, 1.807) is 18.0 Å². The number of benzene rings is 1. The summed E-state index contributed by atoms with van der Waals surface area (Å²) in [7, 11) is 1.59. The summed E-state index contributed by atoms with van der Waals surface area (Å²) in [4.78, 5) is 7.28. The van der Waals surface area contributed by atoms with Gasteiger partial charge in [0.1, 0.15) is 12.1 Å². The third kappa shape index (κ3) is 2.42. The van der Waals surface area contributed by atoms with Crippen molar-refractivity contribution in [1.82, 2.24) is 14.8 Å². The molecule has 0 N–H and O–H groups in total. The molecular weight excluding hydrogens is 272 g/mol. The summed E-state index contributed by atoms with van der Waals surface area (Å²) in [6.07, 6.45) is 1.77. The summed E-state index contributed by atoms with van der Waals surface area (Å²) in [6.45, 7) is 2.64. The van der Waals surface area contributed by atoms with Gasteiger partial charge < -0.3 is 9.15 Å². The zero-order valence-electron chi connectivity index (χ0n) is 11.7. The number of oxazole rings is 1. The molecule has 0 aliphatic heterocycles. The first-order chi connectivity index (χ1) is 10.2. The van der Waals surface area contributed by atoms with Gasteiger partial charge in [0.05, 0.1) is 17.8 Å². The van der Waals surface area contributed by atoms with Gasteiger partial charge in [-0.3, -0.25) is 4.68 Å². The van der Waals surface area contributed by atoms with Crippen molar-refractivity contribution in [2.45, 2.75) is 26.1 Å². The summed E-state index contributed by atoms with van der Waals surface area (Å²) in [5.41, 5.74) is 10.8. The molecule has 0 amide bonds. The quantitative estimate of drug-likeness (QED) is 0.408. The molecule has 0 aliphatic carbocycles. The second-order valence-electron chi connectivity index (χ2n) is 4.77. The van der Waals surface area contributed by atoms with Gasteiger partial charge in [-0.1, -0.05) is 12.0 Å². The van der Waals surface area contributed by atoms with E-state index in [9.17, 15) is 0 Å². The number of ether oxygens (including phenoxy) is 1. The molecule has 0 radical (unpaired) electrons.